The first-order valence-electron chi connectivity index (χ1n) is 7.64. The van der Waals surface area contributed by atoms with Crippen LogP contribution in [0.15, 0.2) is 18.2 Å². The summed E-state index contributed by atoms with van der Waals surface area (Å²) in [6.45, 7) is 1.89. The number of pyridine rings is 1. The van der Waals surface area contributed by atoms with Gasteiger partial charge in [0.05, 0.1) is 0 Å². The molecule has 21 heavy (non-hydrogen) atoms. The lowest BCUT2D eigenvalue weighted by molar-refractivity contribution is 0.0851. The number of rotatable bonds is 4. The van der Waals surface area contributed by atoms with Gasteiger partial charge < -0.3 is 10.2 Å². The summed E-state index contributed by atoms with van der Waals surface area (Å²) in [7, 11) is 2.07. The molecule has 1 saturated carbocycles. The topological polar surface area (TPSA) is 62.3 Å². The first-order valence-corrected chi connectivity index (χ1v) is 7.64. The fourth-order valence-electron chi connectivity index (χ4n) is 2.67. The van der Waals surface area contributed by atoms with Gasteiger partial charge in [0, 0.05) is 12.0 Å². The number of carbonyl (C=O) groups excluding carboxylic acids is 2. The Morgan fingerprint density at radius 2 is 1.81 bits per heavy atom. The highest BCUT2D eigenvalue weighted by molar-refractivity contribution is 5.98. The van der Waals surface area contributed by atoms with Crippen molar-refractivity contribution in [3.63, 3.8) is 0 Å². The molecule has 1 aliphatic heterocycles. The summed E-state index contributed by atoms with van der Waals surface area (Å²) in [5, 5.41) is 2.90. The Labute approximate surface area is 124 Å². The van der Waals surface area contributed by atoms with Crippen LogP contribution in [0.4, 0.5) is 0 Å². The van der Waals surface area contributed by atoms with Gasteiger partial charge in [-0.15, -0.1) is 0 Å². The zero-order chi connectivity index (χ0) is 14.8. The lowest BCUT2D eigenvalue weighted by Crippen LogP contribution is -2.34. The van der Waals surface area contributed by atoms with Crippen LogP contribution in [-0.2, 0) is 0 Å². The van der Waals surface area contributed by atoms with E-state index in [1.165, 1.54) is 0 Å². The third-order valence-corrected chi connectivity index (χ3v) is 4.24. The molecule has 0 aromatic carbocycles. The Balaban J connectivity index is 1.69. The number of hydrogen-bond acceptors (Lipinski definition) is 4. The molecule has 0 spiro atoms. The first kappa shape index (κ1) is 14.2. The molecule has 0 atom stereocenters. The number of hydrogen-bond donors (Lipinski definition) is 1. The maximum absolute atomic E-state index is 12.5. The molecule has 1 aromatic rings. The number of piperidine rings is 1. The molecule has 112 valence electrons. The van der Waals surface area contributed by atoms with Gasteiger partial charge in [-0.1, -0.05) is 6.07 Å². The molecular formula is C16H21N3O2. The SMILES string of the molecule is CN1CCC(C(=O)c2cccc(C(=O)NC3CC3)n2)CC1. The second-order valence-corrected chi connectivity index (χ2v) is 6.10. The van der Waals surface area contributed by atoms with Gasteiger partial charge in [-0.2, -0.15) is 0 Å². The van der Waals surface area contributed by atoms with Gasteiger partial charge in [-0.05, 0) is 58.0 Å². The highest BCUT2D eigenvalue weighted by atomic mass is 16.2. The van der Waals surface area contributed by atoms with Crippen molar-refractivity contribution in [2.75, 3.05) is 20.1 Å². The minimum absolute atomic E-state index is 0.0374. The lowest BCUT2D eigenvalue weighted by Gasteiger charge is -2.27. The number of ketones is 1. The summed E-state index contributed by atoms with van der Waals surface area (Å²) in [6.07, 6.45) is 3.82. The van der Waals surface area contributed by atoms with Gasteiger partial charge >= 0.3 is 0 Å². The maximum atomic E-state index is 12.5. The molecule has 0 bridgehead atoms. The van der Waals surface area contributed by atoms with Crippen LogP contribution in [0.1, 0.15) is 46.7 Å². The molecule has 1 aliphatic carbocycles. The zero-order valence-electron chi connectivity index (χ0n) is 12.3. The number of aromatic nitrogens is 1. The van der Waals surface area contributed by atoms with Crippen molar-refractivity contribution in [1.29, 1.82) is 0 Å². The van der Waals surface area contributed by atoms with E-state index in [4.69, 9.17) is 0 Å². The molecule has 1 N–H and O–H groups in total. The number of nitrogens with zero attached hydrogens (tertiary/aromatic N) is 2. The maximum Gasteiger partial charge on any atom is 0.270 e. The molecule has 1 amide bonds. The molecule has 2 fully saturated rings. The van der Waals surface area contributed by atoms with Gasteiger partial charge in [0.25, 0.3) is 5.91 Å². The normalized spacial score (nSPS) is 20.2. The second kappa shape index (κ2) is 5.93. The summed E-state index contributed by atoms with van der Waals surface area (Å²) in [6, 6.07) is 5.43. The highest BCUT2D eigenvalue weighted by Crippen LogP contribution is 2.21. The molecule has 1 aromatic heterocycles. The van der Waals surface area contributed by atoms with Crippen molar-refractivity contribution < 1.29 is 9.59 Å². The van der Waals surface area contributed by atoms with Crippen LogP contribution in [0.3, 0.4) is 0 Å². The van der Waals surface area contributed by atoms with Crippen molar-refractivity contribution in [1.82, 2.24) is 15.2 Å². The van der Waals surface area contributed by atoms with Gasteiger partial charge in [-0.3, -0.25) is 9.59 Å². The monoisotopic (exact) mass is 287 g/mol. The van der Waals surface area contributed by atoms with E-state index in [1.54, 1.807) is 18.2 Å². The van der Waals surface area contributed by atoms with Crippen molar-refractivity contribution in [2.45, 2.75) is 31.7 Å². The molecule has 3 rings (SSSR count). The van der Waals surface area contributed by atoms with E-state index < -0.39 is 0 Å². The van der Waals surface area contributed by atoms with Gasteiger partial charge in [0.2, 0.25) is 0 Å². The van der Waals surface area contributed by atoms with E-state index in [2.05, 4.69) is 22.2 Å². The van der Waals surface area contributed by atoms with E-state index in [0.717, 1.165) is 38.8 Å². The predicted octanol–water partition coefficient (Wildman–Crippen LogP) is 1.50. The largest absolute Gasteiger partial charge is 0.348 e. The Morgan fingerprint density at radius 3 is 2.48 bits per heavy atom. The Bertz CT molecular complexity index is 546. The third kappa shape index (κ3) is 3.47. The van der Waals surface area contributed by atoms with E-state index in [9.17, 15) is 9.59 Å². The standard InChI is InChI=1S/C16H21N3O2/c1-19-9-7-11(8-10-19)15(20)13-3-2-4-14(18-13)16(21)17-12-5-6-12/h2-4,11-12H,5-10H2,1H3,(H,17,21). The highest BCUT2D eigenvalue weighted by Gasteiger charge is 2.27. The summed E-state index contributed by atoms with van der Waals surface area (Å²) in [5.74, 6) is -0.0601. The summed E-state index contributed by atoms with van der Waals surface area (Å²) >= 11 is 0. The summed E-state index contributed by atoms with van der Waals surface area (Å²) in [4.78, 5) is 31.0. The van der Waals surface area contributed by atoms with E-state index >= 15 is 0 Å². The van der Waals surface area contributed by atoms with Gasteiger partial charge in [-0.25, -0.2) is 4.98 Å². The van der Waals surface area contributed by atoms with Crippen LogP contribution in [0.5, 0.6) is 0 Å². The summed E-state index contributed by atoms with van der Waals surface area (Å²) < 4.78 is 0. The summed E-state index contributed by atoms with van der Waals surface area (Å²) in [5.41, 5.74) is 0.772. The average molecular weight is 287 g/mol. The van der Waals surface area contributed by atoms with Crippen LogP contribution >= 0.6 is 0 Å². The van der Waals surface area contributed by atoms with Crippen molar-refractivity contribution in [2.24, 2.45) is 5.92 Å². The number of Topliss-reactive ketones (excluding diaryl/α,β-unsaturated/α-hetero) is 1. The van der Waals surface area contributed by atoms with Crippen LogP contribution in [-0.4, -0.2) is 47.8 Å². The molecule has 2 heterocycles. The van der Waals surface area contributed by atoms with Crippen molar-refractivity contribution in [3.05, 3.63) is 29.6 Å². The molecule has 0 radical (unpaired) electrons. The Hall–Kier alpha value is -1.75. The lowest BCUT2D eigenvalue weighted by atomic mass is 9.91. The first-order chi connectivity index (χ1) is 10.1. The van der Waals surface area contributed by atoms with Crippen LogP contribution < -0.4 is 5.32 Å². The Kier molecular flexibility index (Phi) is 4.01. The van der Waals surface area contributed by atoms with Gasteiger partial charge in [0.1, 0.15) is 11.4 Å². The molecule has 5 heteroatoms. The number of amides is 1. The fraction of sp³-hybridized carbons (Fsp3) is 0.562. The fourth-order valence-corrected chi connectivity index (χ4v) is 2.67. The number of nitrogens with one attached hydrogen (secondary N) is 1. The molecular weight excluding hydrogens is 266 g/mol. The molecule has 2 aliphatic rings. The minimum atomic E-state index is -0.171. The molecule has 0 unspecified atom stereocenters. The van der Waals surface area contributed by atoms with E-state index in [1.807, 2.05) is 0 Å². The third-order valence-electron chi connectivity index (χ3n) is 4.24. The number of carbonyl (C=O) groups is 2. The van der Waals surface area contributed by atoms with Crippen LogP contribution in [0, 0.1) is 5.92 Å². The molecule has 5 nitrogen and oxygen atoms in total. The van der Waals surface area contributed by atoms with Crippen LogP contribution in [0.2, 0.25) is 0 Å². The van der Waals surface area contributed by atoms with Crippen molar-refractivity contribution in [3.8, 4) is 0 Å². The quantitative estimate of drug-likeness (QED) is 0.852. The average Bonchev–Trinajstić information content (AvgIpc) is 3.31. The van der Waals surface area contributed by atoms with Crippen molar-refractivity contribution >= 4 is 11.7 Å². The predicted molar refractivity (Wildman–Crippen MR) is 79.3 cm³/mol. The minimum Gasteiger partial charge on any atom is -0.348 e. The van der Waals surface area contributed by atoms with E-state index in [-0.39, 0.29) is 17.6 Å². The Morgan fingerprint density at radius 1 is 1.14 bits per heavy atom. The number of likely N-dealkylation sites (tertiary alicyclic amines) is 1. The smallest absolute Gasteiger partial charge is 0.270 e. The van der Waals surface area contributed by atoms with Gasteiger partial charge in [0.15, 0.2) is 5.78 Å². The molecule has 1 saturated heterocycles. The second-order valence-electron chi connectivity index (χ2n) is 6.10. The zero-order valence-corrected chi connectivity index (χ0v) is 12.3. The van der Waals surface area contributed by atoms with E-state index in [0.29, 0.717) is 17.4 Å². The van der Waals surface area contributed by atoms with Crippen LogP contribution in [0.25, 0.3) is 0 Å².